The number of H-pyrrole nitrogens is 1. The Morgan fingerprint density at radius 2 is 2.21 bits per heavy atom. The van der Waals surface area contributed by atoms with Crippen LogP contribution in [0.25, 0.3) is 17.3 Å². The van der Waals surface area contributed by atoms with Crippen molar-refractivity contribution in [3.05, 3.63) is 47.4 Å². The van der Waals surface area contributed by atoms with Gasteiger partial charge < -0.3 is 9.15 Å². The highest BCUT2D eigenvalue weighted by molar-refractivity contribution is 7.71. The second-order valence-electron chi connectivity index (χ2n) is 3.87. The van der Waals surface area contributed by atoms with Crippen molar-refractivity contribution < 1.29 is 9.15 Å². The van der Waals surface area contributed by atoms with E-state index < -0.39 is 0 Å². The fraction of sp³-hybridized carbons (Fsp3) is 0.0769. The molecule has 0 bridgehead atoms. The van der Waals surface area contributed by atoms with Gasteiger partial charge in [0.15, 0.2) is 10.5 Å². The van der Waals surface area contributed by atoms with Gasteiger partial charge in [0.25, 0.3) is 0 Å². The van der Waals surface area contributed by atoms with Crippen LogP contribution in [0.3, 0.4) is 0 Å². The van der Waals surface area contributed by atoms with E-state index >= 15 is 0 Å². The molecule has 1 aromatic carbocycles. The minimum absolute atomic E-state index is 0.500. The molecular formula is C13H11N3O2S. The zero-order valence-electron chi connectivity index (χ0n) is 10.2. The molecule has 0 saturated heterocycles. The monoisotopic (exact) mass is 273 g/mol. The number of aromatic amines is 1. The van der Waals surface area contributed by atoms with Gasteiger partial charge in [-0.15, -0.1) is 0 Å². The number of nitrogens with zero attached hydrogens (tertiary/aromatic N) is 2. The molecule has 0 fully saturated rings. The predicted molar refractivity (Wildman–Crippen MR) is 73.0 cm³/mol. The Kier molecular flexibility index (Phi) is 2.92. The normalized spacial score (nSPS) is 10.6. The Balaban J connectivity index is 2.19. The highest BCUT2D eigenvalue weighted by atomic mass is 32.1. The summed E-state index contributed by atoms with van der Waals surface area (Å²) in [4.78, 5) is 0. The van der Waals surface area contributed by atoms with E-state index in [4.69, 9.17) is 21.4 Å². The van der Waals surface area contributed by atoms with E-state index in [-0.39, 0.29) is 0 Å². The molecule has 0 aliphatic rings. The van der Waals surface area contributed by atoms with Crippen LogP contribution in [-0.4, -0.2) is 21.9 Å². The molecule has 0 unspecified atom stereocenters. The van der Waals surface area contributed by atoms with E-state index in [1.54, 1.807) is 17.9 Å². The first-order valence-corrected chi connectivity index (χ1v) is 6.06. The average Bonchev–Trinajstić information content (AvgIpc) is 3.07. The molecule has 1 N–H and O–H groups in total. The predicted octanol–water partition coefficient (Wildman–Crippen LogP) is 3.20. The lowest BCUT2D eigenvalue weighted by molar-refractivity contribution is 0.414. The van der Waals surface area contributed by atoms with Gasteiger partial charge in [0, 0.05) is 6.07 Å². The third kappa shape index (κ3) is 2.06. The van der Waals surface area contributed by atoms with Gasteiger partial charge in [-0.1, -0.05) is 6.07 Å². The van der Waals surface area contributed by atoms with Gasteiger partial charge in [0.05, 0.1) is 19.1 Å². The molecule has 0 aliphatic heterocycles. The number of ether oxygens (including phenoxy) is 1. The van der Waals surface area contributed by atoms with Crippen LogP contribution in [0, 0.1) is 4.77 Å². The molecule has 0 saturated carbocycles. The molecule has 2 aromatic heterocycles. The maximum atomic E-state index is 5.37. The highest BCUT2D eigenvalue weighted by Gasteiger charge is 2.13. The number of methoxy groups -OCH3 is 1. The van der Waals surface area contributed by atoms with Crippen molar-refractivity contribution >= 4 is 12.2 Å². The first-order chi connectivity index (χ1) is 9.29. The third-order valence-electron chi connectivity index (χ3n) is 2.73. The second-order valence-corrected chi connectivity index (χ2v) is 4.25. The van der Waals surface area contributed by atoms with Gasteiger partial charge in [-0.3, -0.25) is 9.67 Å². The van der Waals surface area contributed by atoms with Crippen molar-refractivity contribution in [1.82, 2.24) is 14.8 Å². The molecule has 0 aliphatic carbocycles. The van der Waals surface area contributed by atoms with Crippen molar-refractivity contribution in [2.24, 2.45) is 0 Å². The van der Waals surface area contributed by atoms with Crippen LogP contribution in [-0.2, 0) is 0 Å². The first-order valence-electron chi connectivity index (χ1n) is 5.65. The Labute approximate surface area is 114 Å². The van der Waals surface area contributed by atoms with Crippen molar-refractivity contribution in [1.29, 1.82) is 0 Å². The lowest BCUT2D eigenvalue weighted by Gasteiger charge is -2.07. The summed E-state index contributed by atoms with van der Waals surface area (Å²) < 4.78 is 12.9. The summed E-state index contributed by atoms with van der Waals surface area (Å²) in [6, 6.07) is 11.2. The fourth-order valence-electron chi connectivity index (χ4n) is 1.86. The van der Waals surface area contributed by atoms with Crippen molar-refractivity contribution in [3.63, 3.8) is 0 Å². The van der Waals surface area contributed by atoms with E-state index in [1.165, 1.54) is 0 Å². The van der Waals surface area contributed by atoms with Gasteiger partial charge in [-0.05, 0) is 36.5 Å². The number of hydrogen-bond acceptors (Lipinski definition) is 4. The Bertz CT molecular complexity index is 743. The van der Waals surface area contributed by atoms with Gasteiger partial charge in [-0.25, -0.2) is 0 Å². The summed E-state index contributed by atoms with van der Waals surface area (Å²) in [7, 11) is 1.63. The zero-order valence-corrected chi connectivity index (χ0v) is 11.0. The molecule has 19 heavy (non-hydrogen) atoms. The van der Waals surface area contributed by atoms with Crippen LogP contribution < -0.4 is 4.74 Å². The number of benzene rings is 1. The van der Waals surface area contributed by atoms with Crippen molar-refractivity contribution in [3.8, 4) is 23.0 Å². The quantitative estimate of drug-likeness (QED) is 0.744. The van der Waals surface area contributed by atoms with Crippen LogP contribution in [0.1, 0.15) is 0 Å². The number of aromatic nitrogens is 3. The minimum Gasteiger partial charge on any atom is -0.497 e. The topological polar surface area (TPSA) is 56.0 Å². The van der Waals surface area contributed by atoms with E-state index in [0.717, 1.165) is 11.4 Å². The molecular weight excluding hydrogens is 262 g/mol. The molecule has 6 heteroatoms. The summed E-state index contributed by atoms with van der Waals surface area (Å²) >= 11 is 5.27. The lowest BCUT2D eigenvalue weighted by Crippen LogP contribution is -1.97. The zero-order chi connectivity index (χ0) is 13.2. The van der Waals surface area contributed by atoms with Crippen LogP contribution in [0.5, 0.6) is 5.75 Å². The standard InChI is InChI=1S/C13H11N3O2S/c1-17-10-5-2-4-9(8-10)16-12(14-15-13(16)19)11-6-3-7-18-11/h2-8H,1H3,(H,15,19). The number of nitrogens with one attached hydrogen (secondary N) is 1. The maximum Gasteiger partial charge on any atom is 0.202 e. The van der Waals surface area contributed by atoms with Crippen molar-refractivity contribution in [2.45, 2.75) is 0 Å². The number of rotatable bonds is 3. The molecule has 3 rings (SSSR count). The minimum atomic E-state index is 0.500. The Morgan fingerprint density at radius 1 is 1.32 bits per heavy atom. The smallest absolute Gasteiger partial charge is 0.202 e. The van der Waals surface area contributed by atoms with E-state index in [2.05, 4.69) is 10.2 Å². The molecule has 0 amide bonds. The number of hydrogen-bond donors (Lipinski definition) is 1. The summed E-state index contributed by atoms with van der Waals surface area (Å²) in [5.41, 5.74) is 0.865. The summed E-state index contributed by atoms with van der Waals surface area (Å²) in [5.74, 6) is 2.03. The van der Waals surface area contributed by atoms with Crippen LogP contribution in [0.4, 0.5) is 0 Å². The lowest BCUT2D eigenvalue weighted by atomic mass is 10.3. The van der Waals surface area contributed by atoms with E-state index in [0.29, 0.717) is 16.4 Å². The van der Waals surface area contributed by atoms with Gasteiger partial charge >= 0.3 is 0 Å². The summed E-state index contributed by atoms with van der Waals surface area (Å²) in [5, 5.41) is 6.98. The van der Waals surface area contributed by atoms with Gasteiger partial charge in [0.2, 0.25) is 5.82 Å². The second kappa shape index (κ2) is 4.74. The van der Waals surface area contributed by atoms with Crippen LogP contribution in [0.2, 0.25) is 0 Å². The SMILES string of the molecule is COc1cccc(-n2c(-c3ccco3)n[nH]c2=S)c1. The maximum absolute atomic E-state index is 5.37. The molecule has 2 heterocycles. The van der Waals surface area contributed by atoms with Gasteiger partial charge in [0.1, 0.15) is 5.75 Å². The van der Waals surface area contributed by atoms with E-state index in [9.17, 15) is 0 Å². The van der Waals surface area contributed by atoms with Crippen molar-refractivity contribution in [2.75, 3.05) is 7.11 Å². The average molecular weight is 273 g/mol. The molecule has 0 atom stereocenters. The third-order valence-corrected chi connectivity index (χ3v) is 3.00. The molecule has 0 spiro atoms. The van der Waals surface area contributed by atoms with Gasteiger partial charge in [-0.2, -0.15) is 5.10 Å². The molecule has 96 valence electrons. The fourth-order valence-corrected chi connectivity index (χ4v) is 2.09. The Morgan fingerprint density at radius 3 is 2.95 bits per heavy atom. The largest absolute Gasteiger partial charge is 0.497 e. The van der Waals surface area contributed by atoms with E-state index in [1.807, 2.05) is 36.4 Å². The number of furan rings is 1. The first kappa shape index (κ1) is 11.7. The van der Waals surface area contributed by atoms with Crippen LogP contribution in [0.15, 0.2) is 47.1 Å². The van der Waals surface area contributed by atoms with Crippen LogP contribution >= 0.6 is 12.2 Å². The summed E-state index contributed by atoms with van der Waals surface area (Å²) in [6.07, 6.45) is 1.60. The highest BCUT2D eigenvalue weighted by Crippen LogP contribution is 2.23. The molecule has 5 nitrogen and oxygen atoms in total. The molecule has 3 aromatic rings. The molecule has 0 radical (unpaired) electrons. The summed E-state index contributed by atoms with van der Waals surface area (Å²) in [6.45, 7) is 0. The Hall–Kier alpha value is -2.34.